The smallest absolute Gasteiger partial charge is 0.105 e. The molecule has 0 radical (unpaired) electrons. The van der Waals surface area contributed by atoms with Gasteiger partial charge in [0, 0.05) is 25.0 Å². The summed E-state index contributed by atoms with van der Waals surface area (Å²) in [5, 5.41) is 3.69. The van der Waals surface area contributed by atoms with Gasteiger partial charge in [-0.2, -0.15) is 0 Å². The highest BCUT2D eigenvalue weighted by Gasteiger charge is 2.30. The normalized spacial score (nSPS) is 30.6. The fourth-order valence-electron chi connectivity index (χ4n) is 3.73. The second kappa shape index (κ2) is 6.10. The van der Waals surface area contributed by atoms with Crippen molar-refractivity contribution in [2.24, 2.45) is 5.92 Å². The number of furan rings is 1. The third-order valence-electron chi connectivity index (χ3n) is 4.86. The Labute approximate surface area is 116 Å². The molecule has 3 heterocycles. The molecule has 2 saturated heterocycles. The predicted octanol–water partition coefficient (Wildman–Crippen LogP) is 2.67. The van der Waals surface area contributed by atoms with E-state index in [1.54, 1.807) is 6.26 Å². The van der Waals surface area contributed by atoms with Crippen molar-refractivity contribution in [2.45, 2.75) is 51.1 Å². The Morgan fingerprint density at radius 3 is 3.11 bits per heavy atom. The van der Waals surface area contributed by atoms with E-state index in [0.717, 1.165) is 24.1 Å². The van der Waals surface area contributed by atoms with Crippen molar-refractivity contribution in [3.05, 3.63) is 24.2 Å². The molecule has 3 unspecified atom stereocenters. The van der Waals surface area contributed by atoms with Crippen LogP contribution in [0.1, 0.15) is 38.4 Å². The molecule has 1 aromatic heterocycles. The third-order valence-corrected chi connectivity index (χ3v) is 4.86. The number of hydrogen-bond acceptors (Lipinski definition) is 3. The van der Waals surface area contributed by atoms with Crippen LogP contribution in [0.2, 0.25) is 0 Å². The molecule has 0 bridgehead atoms. The standard InChI is InChI=1S/C16H26N2O/c1-13(11-15-6-4-10-19-15)18-9-3-5-14(12-18)16-7-2-8-17-16/h4,6,10,13-14,16-17H,2-3,5,7-9,11-12H2,1H3. The number of hydrogen-bond donors (Lipinski definition) is 1. The Morgan fingerprint density at radius 1 is 1.42 bits per heavy atom. The Kier molecular flexibility index (Phi) is 4.24. The highest BCUT2D eigenvalue weighted by Crippen LogP contribution is 2.26. The van der Waals surface area contributed by atoms with Crippen molar-refractivity contribution in [3.8, 4) is 0 Å². The van der Waals surface area contributed by atoms with Gasteiger partial charge in [-0.15, -0.1) is 0 Å². The molecule has 0 saturated carbocycles. The first-order valence-corrected chi connectivity index (χ1v) is 7.83. The summed E-state index contributed by atoms with van der Waals surface area (Å²) in [6.07, 6.45) is 8.32. The summed E-state index contributed by atoms with van der Waals surface area (Å²) in [6, 6.07) is 5.45. The minimum absolute atomic E-state index is 0.593. The fraction of sp³-hybridized carbons (Fsp3) is 0.750. The molecule has 3 rings (SSSR count). The molecule has 1 aromatic rings. The maximum Gasteiger partial charge on any atom is 0.105 e. The monoisotopic (exact) mass is 262 g/mol. The number of piperidine rings is 1. The largest absolute Gasteiger partial charge is 0.469 e. The number of rotatable bonds is 4. The number of nitrogens with zero attached hydrogens (tertiary/aromatic N) is 1. The predicted molar refractivity (Wildman–Crippen MR) is 77.2 cm³/mol. The average Bonchev–Trinajstić information content (AvgIpc) is 3.12. The molecular formula is C16H26N2O. The van der Waals surface area contributed by atoms with Gasteiger partial charge in [-0.25, -0.2) is 0 Å². The lowest BCUT2D eigenvalue weighted by atomic mass is 9.89. The minimum Gasteiger partial charge on any atom is -0.469 e. The molecule has 19 heavy (non-hydrogen) atoms. The van der Waals surface area contributed by atoms with Crippen LogP contribution in [0, 0.1) is 5.92 Å². The van der Waals surface area contributed by atoms with Crippen LogP contribution in [0.4, 0.5) is 0 Å². The highest BCUT2D eigenvalue weighted by atomic mass is 16.3. The first-order chi connectivity index (χ1) is 9.33. The molecule has 0 amide bonds. The first kappa shape index (κ1) is 13.2. The Morgan fingerprint density at radius 2 is 2.37 bits per heavy atom. The van der Waals surface area contributed by atoms with Gasteiger partial charge in [-0.3, -0.25) is 4.90 Å². The van der Waals surface area contributed by atoms with Crippen molar-refractivity contribution in [1.82, 2.24) is 10.2 Å². The summed E-state index contributed by atoms with van der Waals surface area (Å²) >= 11 is 0. The topological polar surface area (TPSA) is 28.4 Å². The van der Waals surface area contributed by atoms with E-state index in [1.807, 2.05) is 6.07 Å². The Balaban J connectivity index is 1.55. The zero-order chi connectivity index (χ0) is 13.1. The maximum atomic E-state index is 5.48. The van der Waals surface area contributed by atoms with Gasteiger partial charge in [0.25, 0.3) is 0 Å². The van der Waals surface area contributed by atoms with E-state index in [1.165, 1.54) is 45.3 Å². The Bertz CT molecular complexity index is 370. The van der Waals surface area contributed by atoms with E-state index < -0.39 is 0 Å². The van der Waals surface area contributed by atoms with Gasteiger partial charge in [0.15, 0.2) is 0 Å². The van der Waals surface area contributed by atoms with E-state index in [0.29, 0.717) is 6.04 Å². The van der Waals surface area contributed by atoms with Crippen LogP contribution in [0.15, 0.2) is 22.8 Å². The summed E-state index contributed by atoms with van der Waals surface area (Å²) in [7, 11) is 0. The lowest BCUT2D eigenvalue weighted by Gasteiger charge is -2.39. The number of nitrogens with one attached hydrogen (secondary N) is 1. The van der Waals surface area contributed by atoms with Crippen LogP contribution in [0.25, 0.3) is 0 Å². The van der Waals surface area contributed by atoms with Crippen molar-refractivity contribution in [1.29, 1.82) is 0 Å². The van der Waals surface area contributed by atoms with Crippen LogP contribution < -0.4 is 5.32 Å². The van der Waals surface area contributed by atoms with Crippen molar-refractivity contribution < 1.29 is 4.42 Å². The molecule has 106 valence electrons. The summed E-state index contributed by atoms with van der Waals surface area (Å²) in [6.45, 7) is 6.08. The second-order valence-corrected chi connectivity index (χ2v) is 6.23. The second-order valence-electron chi connectivity index (χ2n) is 6.23. The average molecular weight is 262 g/mol. The molecule has 2 aliphatic heterocycles. The molecule has 0 aliphatic carbocycles. The van der Waals surface area contributed by atoms with Gasteiger partial charge in [-0.1, -0.05) is 0 Å². The Hall–Kier alpha value is -0.800. The molecule has 3 nitrogen and oxygen atoms in total. The maximum absolute atomic E-state index is 5.48. The summed E-state index contributed by atoms with van der Waals surface area (Å²) in [5.41, 5.74) is 0. The van der Waals surface area contributed by atoms with Gasteiger partial charge in [-0.05, 0) is 63.7 Å². The molecule has 3 heteroatoms. The highest BCUT2D eigenvalue weighted by molar-refractivity contribution is 5.00. The first-order valence-electron chi connectivity index (χ1n) is 7.83. The van der Waals surface area contributed by atoms with Crippen molar-refractivity contribution in [3.63, 3.8) is 0 Å². The summed E-state index contributed by atoms with van der Waals surface area (Å²) in [5.74, 6) is 1.98. The van der Waals surface area contributed by atoms with Crippen LogP contribution in [0.3, 0.4) is 0 Å². The molecule has 2 aliphatic rings. The van der Waals surface area contributed by atoms with Crippen molar-refractivity contribution in [2.75, 3.05) is 19.6 Å². The van der Waals surface area contributed by atoms with E-state index in [4.69, 9.17) is 4.42 Å². The third kappa shape index (κ3) is 3.21. The van der Waals surface area contributed by atoms with Gasteiger partial charge in [0.05, 0.1) is 6.26 Å². The van der Waals surface area contributed by atoms with E-state index in [-0.39, 0.29) is 0 Å². The lowest BCUT2D eigenvalue weighted by Crippen LogP contribution is -2.47. The summed E-state index contributed by atoms with van der Waals surface area (Å²) in [4.78, 5) is 2.66. The molecule has 0 aromatic carbocycles. The molecular weight excluding hydrogens is 236 g/mol. The SMILES string of the molecule is CC(Cc1ccco1)N1CCCC(C2CCCN2)C1. The van der Waals surface area contributed by atoms with Crippen LogP contribution in [0.5, 0.6) is 0 Å². The molecule has 3 atom stereocenters. The van der Waals surface area contributed by atoms with Gasteiger partial charge in [0.2, 0.25) is 0 Å². The quantitative estimate of drug-likeness (QED) is 0.904. The van der Waals surface area contributed by atoms with Gasteiger partial charge in [0.1, 0.15) is 5.76 Å². The zero-order valence-electron chi connectivity index (χ0n) is 12.0. The summed E-state index contributed by atoms with van der Waals surface area (Å²) < 4.78 is 5.48. The van der Waals surface area contributed by atoms with E-state index >= 15 is 0 Å². The lowest BCUT2D eigenvalue weighted by molar-refractivity contribution is 0.112. The van der Waals surface area contributed by atoms with E-state index in [9.17, 15) is 0 Å². The van der Waals surface area contributed by atoms with Crippen molar-refractivity contribution >= 4 is 0 Å². The fourth-order valence-corrected chi connectivity index (χ4v) is 3.73. The van der Waals surface area contributed by atoms with E-state index in [2.05, 4.69) is 23.2 Å². The van der Waals surface area contributed by atoms with Crippen LogP contribution in [-0.4, -0.2) is 36.6 Å². The van der Waals surface area contributed by atoms with Gasteiger partial charge >= 0.3 is 0 Å². The zero-order valence-corrected chi connectivity index (χ0v) is 12.0. The van der Waals surface area contributed by atoms with Crippen LogP contribution in [-0.2, 0) is 6.42 Å². The van der Waals surface area contributed by atoms with Gasteiger partial charge < -0.3 is 9.73 Å². The van der Waals surface area contributed by atoms with Crippen LogP contribution >= 0.6 is 0 Å². The minimum atomic E-state index is 0.593. The molecule has 1 N–H and O–H groups in total. The molecule has 0 spiro atoms. The molecule has 2 fully saturated rings. The number of likely N-dealkylation sites (tertiary alicyclic amines) is 1.